The molecular weight excluding hydrogens is 326 g/mol. The normalized spacial score (nSPS) is 26.3. The predicted octanol–water partition coefficient (Wildman–Crippen LogP) is 2.37. The first kappa shape index (κ1) is 17.9. The Morgan fingerprint density at radius 1 is 1.19 bits per heavy atom. The minimum Gasteiger partial charge on any atom is -0.381 e. The van der Waals surface area contributed by atoms with Crippen molar-refractivity contribution in [2.24, 2.45) is 11.3 Å². The molecule has 0 radical (unpaired) electrons. The molecule has 5 nitrogen and oxygen atoms in total. The second-order valence-electron chi connectivity index (χ2n) is 8.45. The quantitative estimate of drug-likeness (QED) is 0.830. The summed E-state index contributed by atoms with van der Waals surface area (Å²) in [6.07, 6.45) is 10.2. The summed E-state index contributed by atoms with van der Waals surface area (Å²) in [5.41, 5.74) is 1.50. The van der Waals surface area contributed by atoms with E-state index in [0.717, 1.165) is 37.8 Å². The minimum atomic E-state index is 0.256. The van der Waals surface area contributed by atoms with Gasteiger partial charge in [-0.15, -0.1) is 0 Å². The zero-order chi connectivity index (χ0) is 17.8. The van der Waals surface area contributed by atoms with E-state index in [0.29, 0.717) is 11.8 Å². The van der Waals surface area contributed by atoms with Crippen LogP contribution in [0.1, 0.15) is 37.7 Å². The first-order valence-corrected chi connectivity index (χ1v) is 10.2. The molecule has 3 saturated heterocycles. The molecule has 0 N–H and O–H groups in total. The number of carbonyl (C=O) groups is 1. The monoisotopic (exact) mass is 357 g/mol. The molecule has 142 valence electrons. The fourth-order valence-electron chi connectivity index (χ4n) is 4.82. The van der Waals surface area contributed by atoms with Crippen molar-refractivity contribution in [1.29, 1.82) is 0 Å². The first-order valence-electron chi connectivity index (χ1n) is 10.2. The highest BCUT2D eigenvalue weighted by atomic mass is 16.5. The Morgan fingerprint density at radius 3 is 2.62 bits per heavy atom. The molecule has 0 saturated carbocycles. The lowest BCUT2D eigenvalue weighted by molar-refractivity contribution is -0.133. The van der Waals surface area contributed by atoms with Crippen LogP contribution in [0.3, 0.4) is 0 Å². The van der Waals surface area contributed by atoms with Gasteiger partial charge < -0.3 is 14.5 Å². The smallest absolute Gasteiger partial charge is 0.227 e. The summed E-state index contributed by atoms with van der Waals surface area (Å²) >= 11 is 0. The number of hydrogen-bond acceptors (Lipinski definition) is 4. The highest BCUT2D eigenvalue weighted by molar-refractivity contribution is 5.78. The number of nitrogens with zero attached hydrogens (tertiary/aromatic N) is 3. The molecule has 0 bridgehead atoms. The van der Waals surface area contributed by atoms with E-state index in [2.05, 4.69) is 14.8 Å². The van der Waals surface area contributed by atoms with Crippen LogP contribution in [0.2, 0.25) is 0 Å². The van der Waals surface area contributed by atoms with E-state index in [-0.39, 0.29) is 5.91 Å². The largest absolute Gasteiger partial charge is 0.381 e. The van der Waals surface area contributed by atoms with Crippen LogP contribution in [0.25, 0.3) is 0 Å². The molecule has 26 heavy (non-hydrogen) atoms. The van der Waals surface area contributed by atoms with Crippen molar-refractivity contribution < 1.29 is 9.53 Å². The van der Waals surface area contributed by atoms with Gasteiger partial charge in [0.2, 0.25) is 5.91 Å². The number of aromatic nitrogens is 1. The number of pyridine rings is 1. The molecule has 1 aromatic heterocycles. The predicted molar refractivity (Wildman–Crippen MR) is 101 cm³/mol. The Morgan fingerprint density at radius 2 is 1.96 bits per heavy atom. The molecule has 0 unspecified atom stereocenters. The maximum atomic E-state index is 12.6. The second kappa shape index (κ2) is 8.05. The average Bonchev–Trinajstić information content (AvgIpc) is 3.18. The van der Waals surface area contributed by atoms with Crippen LogP contribution in [0.5, 0.6) is 0 Å². The van der Waals surface area contributed by atoms with Gasteiger partial charge in [0.15, 0.2) is 0 Å². The van der Waals surface area contributed by atoms with Crippen molar-refractivity contribution in [3.63, 3.8) is 0 Å². The zero-order valence-corrected chi connectivity index (χ0v) is 15.7. The Bertz CT molecular complexity index is 583. The molecule has 5 heteroatoms. The molecule has 0 aromatic carbocycles. The van der Waals surface area contributed by atoms with Gasteiger partial charge in [-0.25, -0.2) is 0 Å². The third-order valence-electron chi connectivity index (χ3n) is 6.71. The zero-order valence-electron chi connectivity index (χ0n) is 15.7. The molecule has 4 rings (SSSR count). The molecule has 1 atom stereocenters. The van der Waals surface area contributed by atoms with Gasteiger partial charge in [0, 0.05) is 38.6 Å². The number of carbonyl (C=O) groups excluding carboxylic acids is 1. The Labute approximate surface area is 156 Å². The molecule has 4 heterocycles. The van der Waals surface area contributed by atoms with Crippen LogP contribution < -0.4 is 0 Å². The van der Waals surface area contributed by atoms with Gasteiger partial charge in [0.05, 0.1) is 13.0 Å². The lowest BCUT2D eigenvalue weighted by Crippen LogP contribution is -2.49. The van der Waals surface area contributed by atoms with Gasteiger partial charge in [-0.1, -0.05) is 6.07 Å². The summed E-state index contributed by atoms with van der Waals surface area (Å²) in [6, 6.07) is 3.89. The van der Waals surface area contributed by atoms with E-state index in [1.54, 1.807) is 12.4 Å². The third kappa shape index (κ3) is 4.26. The van der Waals surface area contributed by atoms with E-state index < -0.39 is 0 Å². The van der Waals surface area contributed by atoms with Crippen LogP contribution in [0, 0.1) is 11.3 Å². The summed E-state index contributed by atoms with van der Waals surface area (Å²) in [5.74, 6) is 1.00. The summed E-state index contributed by atoms with van der Waals surface area (Å²) in [4.78, 5) is 21.4. The first-order chi connectivity index (χ1) is 12.7. The summed E-state index contributed by atoms with van der Waals surface area (Å²) in [5, 5.41) is 0. The SMILES string of the molecule is O=C(Cc1cccnc1)N1CCC2(CCN(C[C@H]3CCOC3)CC2)CC1. The highest BCUT2D eigenvalue weighted by Gasteiger charge is 2.38. The topological polar surface area (TPSA) is 45.7 Å². The van der Waals surface area contributed by atoms with Crippen LogP contribution in [-0.2, 0) is 16.0 Å². The van der Waals surface area contributed by atoms with E-state index in [1.807, 2.05) is 12.1 Å². The fourth-order valence-corrected chi connectivity index (χ4v) is 4.82. The average molecular weight is 357 g/mol. The lowest BCUT2D eigenvalue weighted by atomic mass is 9.71. The van der Waals surface area contributed by atoms with Gasteiger partial charge >= 0.3 is 0 Å². The molecule has 3 aliphatic rings. The number of ether oxygens (including phenoxy) is 1. The maximum absolute atomic E-state index is 12.6. The number of likely N-dealkylation sites (tertiary alicyclic amines) is 2. The highest BCUT2D eigenvalue weighted by Crippen LogP contribution is 2.41. The Kier molecular flexibility index (Phi) is 5.55. The van der Waals surface area contributed by atoms with Gasteiger partial charge in [-0.2, -0.15) is 0 Å². The summed E-state index contributed by atoms with van der Waals surface area (Å²) < 4.78 is 5.52. The van der Waals surface area contributed by atoms with Crippen LogP contribution in [-0.4, -0.2) is 66.6 Å². The van der Waals surface area contributed by atoms with E-state index in [4.69, 9.17) is 4.74 Å². The number of piperidine rings is 2. The Hall–Kier alpha value is -1.46. The second-order valence-corrected chi connectivity index (χ2v) is 8.45. The molecular formula is C21H31N3O2. The summed E-state index contributed by atoms with van der Waals surface area (Å²) in [7, 11) is 0. The van der Waals surface area contributed by atoms with E-state index >= 15 is 0 Å². The van der Waals surface area contributed by atoms with Crippen molar-refractivity contribution in [2.45, 2.75) is 38.5 Å². The lowest BCUT2D eigenvalue weighted by Gasteiger charge is -2.47. The molecule has 1 aromatic rings. The summed E-state index contributed by atoms with van der Waals surface area (Å²) in [6.45, 7) is 7.41. The molecule has 1 amide bonds. The molecule has 3 fully saturated rings. The van der Waals surface area contributed by atoms with Gasteiger partial charge in [0.1, 0.15) is 0 Å². The third-order valence-corrected chi connectivity index (χ3v) is 6.71. The van der Waals surface area contributed by atoms with Crippen molar-refractivity contribution in [2.75, 3.05) is 45.9 Å². The minimum absolute atomic E-state index is 0.256. The number of amides is 1. The standard InChI is InChI=1S/C21H31N3O2/c25-20(14-18-2-1-8-22-15-18)24-11-6-21(7-12-24)4-9-23(10-5-21)16-19-3-13-26-17-19/h1-2,8,15,19H,3-7,9-14,16-17H2/t19-/m1/s1. The number of hydrogen-bond donors (Lipinski definition) is 0. The molecule has 0 aliphatic carbocycles. The van der Waals surface area contributed by atoms with Gasteiger partial charge in [-0.05, 0) is 68.2 Å². The Balaban J connectivity index is 1.22. The fraction of sp³-hybridized carbons (Fsp3) is 0.714. The van der Waals surface area contributed by atoms with Crippen LogP contribution in [0.4, 0.5) is 0 Å². The van der Waals surface area contributed by atoms with Gasteiger partial charge in [-0.3, -0.25) is 9.78 Å². The van der Waals surface area contributed by atoms with Crippen molar-refractivity contribution in [1.82, 2.24) is 14.8 Å². The van der Waals surface area contributed by atoms with Crippen molar-refractivity contribution in [3.8, 4) is 0 Å². The molecule has 3 aliphatic heterocycles. The van der Waals surface area contributed by atoms with E-state index in [1.165, 1.54) is 51.7 Å². The van der Waals surface area contributed by atoms with Gasteiger partial charge in [0.25, 0.3) is 0 Å². The van der Waals surface area contributed by atoms with Crippen LogP contribution >= 0.6 is 0 Å². The van der Waals surface area contributed by atoms with Crippen molar-refractivity contribution >= 4 is 5.91 Å². The van der Waals surface area contributed by atoms with Crippen molar-refractivity contribution in [3.05, 3.63) is 30.1 Å². The van der Waals surface area contributed by atoms with E-state index in [9.17, 15) is 4.79 Å². The van der Waals surface area contributed by atoms with Crippen LogP contribution in [0.15, 0.2) is 24.5 Å². The molecule has 1 spiro atoms. The maximum Gasteiger partial charge on any atom is 0.227 e. The number of rotatable bonds is 4.